The lowest BCUT2D eigenvalue weighted by Gasteiger charge is -2.08. The molecule has 4 heteroatoms. The van der Waals surface area contributed by atoms with E-state index in [1.807, 2.05) is 24.3 Å². The van der Waals surface area contributed by atoms with Gasteiger partial charge >= 0.3 is 0 Å². The number of Topliss-reactive ketones (excluding diaryl/α,β-unsaturated/α-hetero) is 1. The van der Waals surface area contributed by atoms with Crippen molar-refractivity contribution in [3.8, 4) is 5.75 Å². The predicted octanol–water partition coefficient (Wildman–Crippen LogP) is 1.35. The van der Waals surface area contributed by atoms with Crippen molar-refractivity contribution in [2.24, 2.45) is 5.73 Å². The number of rotatable bonds is 4. The first-order chi connectivity index (χ1) is 8.65. The predicted molar refractivity (Wildman–Crippen MR) is 69.9 cm³/mol. The van der Waals surface area contributed by atoms with E-state index in [0.717, 1.165) is 16.5 Å². The van der Waals surface area contributed by atoms with Gasteiger partial charge in [-0.3, -0.25) is 4.79 Å². The Bertz CT molecular complexity index is 580. The third-order valence-electron chi connectivity index (χ3n) is 2.87. The Balaban J connectivity index is 2.42. The Morgan fingerprint density at radius 2 is 1.94 bits per heavy atom. The minimum absolute atomic E-state index is 0.254. The normalized spacial score (nSPS) is 12.4. The van der Waals surface area contributed by atoms with Crippen LogP contribution >= 0.6 is 0 Å². The number of ketones is 1. The summed E-state index contributed by atoms with van der Waals surface area (Å²) in [6.07, 6.45) is 0. The number of ether oxygens (including phenoxy) is 1. The van der Waals surface area contributed by atoms with Crippen LogP contribution in [0.2, 0.25) is 0 Å². The van der Waals surface area contributed by atoms with Gasteiger partial charge < -0.3 is 15.6 Å². The number of aliphatic hydroxyl groups excluding tert-OH is 1. The summed E-state index contributed by atoms with van der Waals surface area (Å²) in [5.41, 5.74) is 6.03. The second-order valence-corrected chi connectivity index (χ2v) is 4.08. The maximum Gasteiger partial charge on any atom is 0.181 e. The molecule has 0 saturated heterocycles. The molecule has 2 rings (SSSR count). The number of hydrogen-bond donors (Lipinski definition) is 2. The van der Waals surface area contributed by atoms with Crippen LogP contribution < -0.4 is 10.5 Å². The number of benzene rings is 2. The molecule has 4 nitrogen and oxygen atoms in total. The van der Waals surface area contributed by atoms with Crippen molar-refractivity contribution in [1.29, 1.82) is 0 Å². The molecule has 3 N–H and O–H groups in total. The highest BCUT2D eigenvalue weighted by molar-refractivity contribution is 6.03. The first-order valence-electron chi connectivity index (χ1n) is 5.64. The molecule has 0 aliphatic heterocycles. The summed E-state index contributed by atoms with van der Waals surface area (Å²) < 4.78 is 5.14. The minimum atomic E-state index is -0.860. The zero-order chi connectivity index (χ0) is 13.1. The largest absolute Gasteiger partial charge is 0.497 e. The summed E-state index contributed by atoms with van der Waals surface area (Å²) in [5.74, 6) is 0.517. The number of methoxy groups -OCH3 is 1. The van der Waals surface area contributed by atoms with Crippen LogP contribution in [0.1, 0.15) is 10.4 Å². The van der Waals surface area contributed by atoms with Crippen molar-refractivity contribution >= 4 is 16.6 Å². The molecule has 1 atom stereocenters. The fraction of sp³-hybridized carbons (Fsp3) is 0.214. The molecule has 0 heterocycles. The Hall–Kier alpha value is -1.91. The number of aliphatic hydroxyl groups is 1. The first kappa shape index (κ1) is 12.5. The molecule has 0 aliphatic rings. The number of carbonyl (C=O) groups excluding carboxylic acids is 1. The Kier molecular flexibility index (Phi) is 3.60. The second-order valence-electron chi connectivity index (χ2n) is 4.08. The zero-order valence-corrected chi connectivity index (χ0v) is 10.1. The SMILES string of the molecule is COc1ccc2cc(C(=O)C(N)CO)ccc2c1. The molecule has 0 bridgehead atoms. The van der Waals surface area contributed by atoms with Crippen LogP contribution in [0.15, 0.2) is 36.4 Å². The van der Waals surface area contributed by atoms with Crippen LogP contribution in [0, 0.1) is 0 Å². The van der Waals surface area contributed by atoms with Crippen LogP contribution in [0.25, 0.3) is 10.8 Å². The van der Waals surface area contributed by atoms with Crippen LogP contribution in [0.4, 0.5) is 0 Å². The number of hydrogen-bond acceptors (Lipinski definition) is 4. The van der Waals surface area contributed by atoms with E-state index in [4.69, 9.17) is 15.6 Å². The van der Waals surface area contributed by atoms with Crippen LogP contribution in [-0.2, 0) is 0 Å². The van der Waals surface area contributed by atoms with E-state index in [0.29, 0.717) is 5.56 Å². The standard InChI is InChI=1S/C14H15NO3/c1-18-12-5-4-9-6-11(3-2-10(9)7-12)14(17)13(15)8-16/h2-7,13,16H,8,15H2,1H3. The molecule has 18 heavy (non-hydrogen) atoms. The lowest BCUT2D eigenvalue weighted by molar-refractivity contribution is 0.0925. The van der Waals surface area contributed by atoms with Crippen molar-refractivity contribution in [3.63, 3.8) is 0 Å². The van der Waals surface area contributed by atoms with E-state index < -0.39 is 6.04 Å². The van der Waals surface area contributed by atoms with E-state index in [1.165, 1.54) is 0 Å². The molecule has 0 fully saturated rings. The fourth-order valence-electron chi connectivity index (χ4n) is 1.80. The van der Waals surface area contributed by atoms with Crippen molar-refractivity contribution in [3.05, 3.63) is 42.0 Å². The van der Waals surface area contributed by atoms with Gasteiger partial charge in [-0.05, 0) is 29.0 Å². The maximum absolute atomic E-state index is 11.8. The molecule has 0 aromatic heterocycles. The monoisotopic (exact) mass is 245 g/mol. The third kappa shape index (κ3) is 2.34. The first-order valence-corrected chi connectivity index (χ1v) is 5.64. The lowest BCUT2D eigenvalue weighted by atomic mass is 10.0. The van der Waals surface area contributed by atoms with Crippen molar-refractivity contribution in [1.82, 2.24) is 0 Å². The Morgan fingerprint density at radius 3 is 2.61 bits per heavy atom. The molecular weight excluding hydrogens is 230 g/mol. The number of carbonyl (C=O) groups is 1. The average Bonchev–Trinajstić information content (AvgIpc) is 2.44. The lowest BCUT2D eigenvalue weighted by Crippen LogP contribution is -2.33. The number of fused-ring (bicyclic) bond motifs is 1. The van der Waals surface area contributed by atoms with E-state index in [9.17, 15) is 4.79 Å². The molecule has 0 saturated carbocycles. The zero-order valence-electron chi connectivity index (χ0n) is 10.1. The van der Waals surface area contributed by atoms with Gasteiger partial charge in [0.05, 0.1) is 19.8 Å². The maximum atomic E-state index is 11.8. The molecule has 1 unspecified atom stereocenters. The van der Waals surface area contributed by atoms with Gasteiger partial charge in [-0.1, -0.05) is 18.2 Å². The topological polar surface area (TPSA) is 72.5 Å². The second kappa shape index (κ2) is 5.16. The molecule has 2 aromatic carbocycles. The van der Waals surface area contributed by atoms with Gasteiger partial charge in [0.25, 0.3) is 0 Å². The van der Waals surface area contributed by atoms with Gasteiger partial charge in [0, 0.05) is 5.56 Å². The van der Waals surface area contributed by atoms with Gasteiger partial charge in [0.1, 0.15) is 5.75 Å². The van der Waals surface area contributed by atoms with Gasteiger partial charge in [-0.2, -0.15) is 0 Å². The minimum Gasteiger partial charge on any atom is -0.497 e. The van der Waals surface area contributed by atoms with Gasteiger partial charge in [0.15, 0.2) is 5.78 Å². The van der Waals surface area contributed by atoms with Crippen LogP contribution in [-0.4, -0.2) is 30.6 Å². The summed E-state index contributed by atoms with van der Waals surface area (Å²) in [5, 5.41) is 10.8. The highest BCUT2D eigenvalue weighted by Gasteiger charge is 2.14. The summed E-state index contributed by atoms with van der Waals surface area (Å²) in [7, 11) is 1.61. The highest BCUT2D eigenvalue weighted by atomic mass is 16.5. The van der Waals surface area contributed by atoms with Crippen molar-refractivity contribution < 1.29 is 14.6 Å². The molecule has 0 amide bonds. The third-order valence-corrected chi connectivity index (χ3v) is 2.87. The Morgan fingerprint density at radius 1 is 1.28 bits per heavy atom. The summed E-state index contributed by atoms with van der Waals surface area (Å²) in [6, 6.07) is 10.1. The molecule has 0 aliphatic carbocycles. The molecule has 0 spiro atoms. The molecule has 0 radical (unpaired) electrons. The van der Waals surface area contributed by atoms with Crippen molar-refractivity contribution in [2.45, 2.75) is 6.04 Å². The van der Waals surface area contributed by atoms with Crippen molar-refractivity contribution in [2.75, 3.05) is 13.7 Å². The van der Waals surface area contributed by atoms with Gasteiger partial charge in [-0.15, -0.1) is 0 Å². The molecule has 94 valence electrons. The number of nitrogens with two attached hydrogens (primary N) is 1. The summed E-state index contributed by atoms with van der Waals surface area (Å²) in [6.45, 7) is -0.348. The van der Waals surface area contributed by atoms with E-state index in [1.54, 1.807) is 19.2 Å². The summed E-state index contributed by atoms with van der Waals surface area (Å²) >= 11 is 0. The molecular formula is C14H15NO3. The van der Waals surface area contributed by atoms with Gasteiger partial charge in [0.2, 0.25) is 0 Å². The van der Waals surface area contributed by atoms with Gasteiger partial charge in [-0.25, -0.2) is 0 Å². The average molecular weight is 245 g/mol. The quantitative estimate of drug-likeness (QED) is 0.797. The summed E-state index contributed by atoms with van der Waals surface area (Å²) in [4.78, 5) is 11.8. The Labute approximate surface area is 105 Å². The highest BCUT2D eigenvalue weighted by Crippen LogP contribution is 2.22. The van der Waals surface area contributed by atoms with E-state index >= 15 is 0 Å². The van der Waals surface area contributed by atoms with E-state index in [-0.39, 0.29) is 12.4 Å². The molecule has 2 aromatic rings. The smallest absolute Gasteiger partial charge is 0.181 e. The van der Waals surface area contributed by atoms with Crippen LogP contribution in [0.3, 0.4) is 0 Å². The fourth-order valence-corrected chi connectivity index (χ4v) is 1.80. The van der Waals surface area contributed by atoms with Crippen LogP contribution in [0.5, 0.6) is 5.75 Å². The van der Waals surface area contributed by atoms with E-state index in [2.05, 4.69) is 0 Å².